The lowest BCUT2D eigenvalue weighted by Crippen LogP contribution is -2.40. The van der Waals surface area contributed by atoms with Gasteiger partial charge in [-0.3, -0.25) is 4.79 Å². The van der Waals surface area contributed by atoms with E-state index in [4.69, 9.17) is 11.6 Å². The Morgan fingerprint density at radius 1 is 1.44 bits per heavy atom. The van der Waals surface area contributed by atoms with Gasteiger partial charge in [0.15, 0.2) is 0 Å². The highest BCUT2D eigenvalue weighted by atomic mass is 79.9. The molecule has 1 saturated heterocycles. The van der Waals surface area contributed by atoms with Gasteiger partial charge in [0.1, 0.15) is 0 Å². The van der Waals surface area contributed by atoms with Crippen LogP contribution in [0.15, 0.2) is 22.7 Å². The van der Waals surface area contributed by atoms with Crippen molar-refractivity contribution in [3.8, 4) is 0 Å². The molecule has 0 N–H and O–H groups in total. The monoisotopic (exact) mass is 393 g/mol. The zero-order chi connectivity index (χ0) is 13.1. The van der Waals surface area contributed by atoms with Crippen LogP contribution in [0.2, 0.25) is 5.02 Å². The molecule has 0 aromatic heterocycles. The number of benzene rings is 1. The first kappa shape index (κ1) is 14.4. The summed E-state index contributed by atoms with van der Waals surface area (Å²) in [6.45, 7) is 1.67. The number of carbonyl (C=O) groups is 1. The molecule has 1 amide bonds. The van der Waals surface area contributed by atoms with Crippen molar-refractivity contribution >= 4 is 49.4 Å². The lowest BCUT2D eigenvalue weighted by Gasteiger charge is -2.32. The largest absolute Gasteiger partial charge is 0.338 e. The lowest BCUT2D eigenvalue weighted by atomic mass is 9.99. The number of halogens is 3. The minimum atomic E-state index is 0.0730. The van der Waals surface area contributed by atoms with Gasteiger partial charge in [-0.15, -0.1) is 0 Å². The number of nitrogens with zero attached hydrogens (tertiary/aromatic N) is 1. The third-order valence-electron chi connectivity index (χ3n) is 3.13. The predicted octanol–water partition coefficient (Wildman–Crippen LogP) is 4.35. The third-order valence-corrected chi connectivity index (χ3v) is 4.73. The Morgan fingerprint density at radius 3 is 2.89 bits per heavy atom. The molecule has 0 spiro atoms. The molecule has 98 valence electrons. The van der Waals surface area contributed by atoms with Crippen molar-refractivity contribution in [2.24, 2.45) is 5.92 Å². The van der Waals surface area contributed by atoms with E-state index < -0.39 is 0 Å². The maximum Gasteiger partial charge on any atom is 0.253 e. The summed E-state index contributed by atoms with van der Waals surface area (Å²) in [4.78, 5) is 14.3. The van der Waals surface area contributed by atoms with E-state index in [0.29, 0.717) is 16.5 Å². The van der Waals surface area contributed by atoms with Gasteiger partial charge in [0.2, 0.25) is 0 Å². The fraction of sp³-hybridized carbons (Fsp3) is 0.462. The van der Waals surface area contributed by atoms with Crippen LogP contribution in [-0.2, 0) is 0 Å². The van der Waals surface area contributed by atoms with Gasteiger partial charge in [-0.05, 0) is 37.0 Å². The number of amides is 1. The Bertz CT molecular complexity index is 432. The molecule has 1 aromatic carbocycles. The van der Waals surface area contributed by atoms with E-state index in [0.717, 1.165) is 29.3 Å². The Kier molecular flexibility index (Phi) is 5.10. The summed E-state index contributed by atoms with van der Waals surface area (Å²) < 4.78 is 0.840. The number of carbonyl (C=O) groups excluding carboxylic acids is 1. The summed E-state index contributed by atoms with van der Waals surface area (Å²) in [5.41, 5.74) is 0.657. The van der Waals surface area contributed by atoms with Crippen LogP contribution in [0.4, 0.5) is 0 Å². The van der Waals surface area contributed by atoms with Crippen molar-refractivity contribution < 1.29 is 4.79 Å². The highest BCUT2D eigenvalue weighted by Crippen LogP contribution is 2.23. The van der Waals surface area contributed by atoms with Crippen LogP contribution in [-0.4, -0.2) is 29.2 Å². The second-order valence-electron chi connectivity index (χ2n) is 4.57. The summed E-state index contributed by atoms with van der Waals surface area (Å²) in [7, 11) is 0. The minimum Gasteiger partial charge on any atom is -0.338 e. The molecule has 0 radical (unpaired) electrons. The molecular weight excluding hydrogens is 381 g/mol. The Balaban J connectivity index is 2.15. The SMILES string of the molecule is O=C(c1cc(Cl)cc(Br)c1)N1CCCC(CBr)C1. The normalized spacial score (nSPS) is 19.9. The number of rotatable bonds is 2. The summed E-state index contributed by atoms with van der Waals surface area (Å²) in [5, 5.41) is 1.54. The van der Waals surface area contributed by atoms with Crippen LogP contribution in [0.3, 0.4) is 0 Å². The lowest BCUT2D eigenvalue weighted by molar-refractivity contribution is 0.0686. The van der Waals surface area contributed by atoms with Gasteiger partial charge in [0.05, 0.1) is 0 Å². The summed E-state index contributed by atoms with van der Waals surface area (Å²) >= 11 is 12.8. The van der Waals surface area contributed by atoms with Gasteiger partial charge in [0, 0.05) is 33.5 Å². The van der Waals surface area contributed by atoms with E-state index in [1.807, 2.05) is 11.0 Å². The second-order valence-corrected chi connectivity index (χ2v) is 6.57. The molecule has 1 heterocycles. The molecule has 0 aliphatic carbocycles. The maximum atomic E-state index is 12.4. The molecule has 1 unspecified atom stereocenters. The van der Waals surface area contributed by atoms with Crippen LogP contribution >= 0.6 is 43.5 Å². The van der Waals surface area contributed by atoms with Gasteiger partial charge >= 0.3 is 0 Å². The Labute approximate surface area is 129 Å². The first-order valence-corrected chi connectivity index (χ1v) is 8.20. The Morgan fingerprint density at radius 2 is 2.22 bits per heavy atom. The van der Waals surface area contributed by atoms with Crippen LogP contribution in [0.1, 0.15) is 23.2 Å². The van der Waals surface area contributed by atoms with Crippen LogP contribution < -0.4 is 0 Å². The third kappa shape index (κ3) is 3.49. The molecule has 1 atom stereocenters. The zero-order valence-corrected chi connectivity index (χ0v) is 13.8. The standard InChI is InChI=1S/C13H14Br2ClNO/c14-7-9-2-1-3-17(8-9)13(18)10-4-11(15)6-12(16)5-10/h4-6,9H,1-3,7-8H2. The minimum absolute atomic E-state index is 0.0730. The van der Waals surface area contributed by atoms with Gasteiger partial charge in [-0.1, -0.05) is 43.5 Å². The van der Waals surface area contributed by atoms with Crippen LogP contribution in [0.5, 0.6) is 0 Å². The second kappa shape index (κ2) is 6.40. The van der Waals surface area contributed by atoms with E-state index in [1.54, 1.807) is 12.1 Å². The molecule has 0 saturated carbocycles. The average molecular weight is 396 g/mol. The average Bonchev–Trinajstić information content (AvgIpc) is 2.37. The van der Waals surface area contributed by atoms with Gasteiger partial charge < -0.3 is 4.90 Å². The molecule has 0 bridgehead atoms. The van der Waals surface area contributed by atoms with Gasteiger partial charge in [-0.2, -0.15) is 0 Å². The van der Waals surface area contributed by atoms with Crippen molar-refractivity contribution in [3.63, 3.8) is 0 Å². The summed E-state index contributed by atoms with van der Waals surface area (Å²) in [5.74, 6) is 0.633. The van der Waals surface area contributed by atoms with Crippen molar-refractivity contribution in [3.05, 3.63) is 33.3 Å². The molecule has 2 nitrogen and oxygen atoms in total. The first-order valence-electron chi connectivity index (χ1n) is 5.91. The van der Waals surface area contributed by atoms with Crippen molar-refractivity contribution in [2.45, 2.75) is 12.8 Å². The topological polar surface area (TPSA) is 20.3 Å². The molecule has 18 heavy (non-hydrogen) atoms. The number of piperidine rings is 1. The highest BCUT2D eigenvalue weighted by Gasteiger charge is 2.24. The fourth-order valence-corrected chi connectivity index (χ4v) is 3.62. The van der Waals surface area contributed by atoms with Gasteiger partial charge in [0.25, 0.3) is 5.91 Å². The number of hydrogen-bond donors (Lipinski definition) is 0. The molecule has 1 aliphatic heterocycles. The molecule has 1 fully saturated rings. The maximum absolute atomic E-state index is 12.4. The van der Waals surface area contributed by atoms with Crippen LogP contribution in [0, 0.1) is 5.92 Å². The number of alkyl halides is 1. The summed E-state index contributed by atoms with van der Waals surface area (Å²) in [6, 6.07) is 5.34. The van der Waals surface area contributed by atoms with Gasteiger partial charge in [-0.25, -0.2) is 0 Å². The Hall–Kier alpha value is -0.0600. The smallest absolute Gasteiger partial charge is 0.253 e. The van der Waals surface area contributed by atoms with Crippen molar-refractivity contribution in [1.82, 2.24) is 4.90 Å². The van der Waals surface area contributed by atoms with E-state index in [2.05, 4.69) is 31.9 Å². The molecular formula is C13H14Br2ClNO. The summed E-state index contributed by atoms with van der Waals surface area (Å²) in [6.07, 6.45) is 2.26. The first-order chi connectivity index (χ1) is 8.60. The molecule has 2 rings (SSSR count). The van der Waals surface area contributed by atoms with Crippen molar-refractivity contribution in [1.29, 1.82) is 0 Å². The quantitative estimate of drug-likeness (QED) is 0.682. The zero-order valence-electron chi connectivity index (χ0n) is 9.83. The van der Waals surface area contributed by atoms with E-state index in [1.165, 1.54) is 6.42 Å². The van der Waals surface area contributed by atoms with Crippen LogP contribution in [0.25, 0.3) is 0 Å². The number of likely N-dealkylation sites (tertiary alicyclic amines) is 1. The fourth-order valence-electron chi connectivity index (χ4n) is 2.24. The van der Waals surface area contributed by atoms with E-state index >= 15 is 0 Å². The molecule has 1 aliphatic rings. The predicted molar refractivity (Wildman–Crippen MR) is 81.6 cm³/mol. The van der Waals surface area contributed by atoms with E-state index in [9.17, 15) is 4.79 Å². The number of hydrogen-bond acceptors (Lipinski definition) is 1. The van der Waals surface area contributed by atoms with E-state index in [-0.39, 0.29) is 5.91 Å². The van der Waals surface area contributed by atoms with Crippen molar-refractivity contribution in [2.75, 3.05) is 18.4 Å². The molecule has 5 heteroatoms. The molecule has 1 aromatic rings. The highest BCUT2D eigenvalue weighted by molar-refractivity contribution is 9.10.